The molecule has 0 bridgehead atoms. The zero-order chi connectivity index (χ0) is 26.4. The number of imidazole rings is 1. The first-order valence-corrected chi connectivity index (χ1v) is 13.6. The lowest BCUT2D eigenvalue weighted by molar-refractivity contribution is -0.131. The number of unbranched alkanes of at least 4 members (excludes halogenated alkanes) is 2. The van der Waals surface area contributed by atoms with E-state index in [0.29, 0.717) is 19.5 Å². The van der Waals surface area contributed by atoms with Crippen LogP contribution >= 0.6 is 0 Å². The molecule has 0 aliphatic carbocycles. The maximum atomic E-state index is 13.6. The van der Waals surface area contributed by atoms with Gasteiger partial charge in [0.05, 0.1) is 12.9 Å². The van der Waals surface area contributed by atoms with Gasteiger partial charge in [-0.15, -0.1) is 0 Å². The number of nitrogens with zero attached hydrogens (tertiary/aromatic N) is 4. The molecule has 1 aliphatic rings. The number of H-pyrrole nitrogens is 1. The molecule has 1 amide bonds. The molecular formula is C29H38FN7O. The lowest BCUT2D eigenvalue weighted by atomic mass is 9.90. The molecule has 1 aliphatic heterocycles. The highest BCUT2D eigenvalue weighted by atomic mass is 19.1. The second-order valence-corrected chi connectivity index (χ2v) is 9.60. The number of aromatic nitrogens is 3. The average molecular weight is 520 g/mol. The van der Waals surface area contributed by atoms with E-state index in [4.69, 9.17) is 0 Å². The highest BCUT2D eigenvalue weighted by Gasteiger charge is 2.18. The summed E-state index contributed by atoms with van der Waals surface area (Å²) in [5.41, 5.74) is 3.02. The van der Waals surface area contributed by atoms with Gasteiger partial charge in [-0.1, -0.05) is 24.6 Å². The fourth-order valence-electron chi connectivity index (χ4n) is 4.75. The first kappa shape index (κ1) is 27.3. The standard InChI is InChI=1S/C29H38FN7O/c30-24-12-10-23(11-13-24)26(27-8-3-5-15-32-27)7-6-19-37(20-14-25-21-31-22-36-25)28(38)9-2-1-4-16-33-29-34-17-18-35-29/h3,5,8,10-13,15,21-22,26H,1-2,4,6-7,9,14,16-20H2,(H,31,36)(H2,33,34,35). The van der Waals surface area contributed by atoms with Crippen LogP contribution in [0.5, 0.6) is 0 Å². The molecular weight excluding hydrogens is 481 g/mol. The Hall–Kier alpha value is -3.75. The topological polar surface area (TPSA) is 98.3 Å². The van der Waals surface area contributed by atoms with Gasteiger partial charge >= 0.3 is 0 Å². The predicted octanol–water partition coefficient (Wildman–Crippen LogP) is 4.04. The number of pyridine rings is 1. The summed E-state index contributed by atoms with van der Waals surface area (Å²) in [6, 6.07) is 12.6. The van der Waals surface area contributed by atoms with Gasteiger partial charge in [-0.25, -0.2) is 9.37 Å². The van der Waals surface area contributed by atoms with Crippen molar-refractivity contribution in [2.24, 2.45) is 4.99 Å². The number of benzene rings is 1. The summed E-state index contributed by atoms with van der Waals surface area (Å²) in [7, 11) is 0. The lowest BCUT2D eigenvalue weighted by Gasteiger charge is -2.24. The van der Waals surface area contributed by atoms with Crippen LogP contribution < -0.4 is 10.6 Å². The van der Waals surface area contributed by atoms with Gasteiger partial charge in [0.1, 0.15) is 5.82 Å². The van der Waals surface area contributed by atoms with E-state index in [1.165, 1.54) is 12.1 Å². The molecule has 38 heavy (non-hydrogen) atoms. The summed E-state index contributed by atoms with van der Waals surface area (Å²) in [6.07, 6.45) is 11.1. The number of nitrogens with one attached hydrogen (secondary N) is 3. The first-order valence-electron chi connectivity index (χ1n) is 13.6. The van der Waals surface area contributed by atoms with Crippen LogP contribution in [-0.4, -0.2) is 64.4 Å². The minimum Gasteiger partial charge on any atom is -0.356 e. The largest absolute Gasteiger partial charge is 0.356 e. The van der Waals surface area contributed by atoms with Crippen molar-refractivity contribution in [3.8, 4) is 0 Å². The molecule has 202 valence electrons. The summed E-state index contributed by atoms with van der Waals surface area (Å²) in [5.74, 6) is 0.878. The summed E-state index contributed by atoms with van der Waals surface area (Å²) in [5, 5.41) is 6.51. The van der Waals surface area contributed by atoms with Crippen LogP contribution in [0.4, 0.5) is 4.39 Å². The number of carbonyl (C=O) groups excluding carboxylic acids is 1. The van der Waals surface area contributed by atoms with Crippen LogP contribution in [0, 0.1) is 5.82 Å². The van der Waals surface area contributed by atoms with Gasteiger partial charge in [0.15, 0.2) is 5.96 Å². The number of halogens is 1. The van der Waals surface area contributed by atoms with Crippen LogP contribution in [-0.2, 0) is 11.2 Å². The second kappa shape index (κ2) is 14.9. The van der Waals surface area contributed by atoms with Crippen LogP contribution in [0.1, 0.15) is 61.4 Å². The van der Waals surface area contributed by atoms with Gasteiger partial charge in [0, 0.05) is 68.7 Å². The molecule has 1 unspecified atom stereocenters. The minimum absolute atomic E-state index is 0.0489. The Labute approximate surface area is 224 Å². The molecule has 4 rings (SSSR count). The van der Waals surface area contributed by atoms with Crippen LogP contribution in [0.15, 0.2) is 66.2 Å². The Morgan fingerprint density at radius 1 is 1.08 bits per heavy atom. The van der Waals surface area contributed by atoms with Crippen molar-refractivity contribution in [1.82, 2.24) is 30.5 Å². The summed E-state index contributed by atoms with van der Waals surface area (Å²) < 4.78 is 13.6. The van der Waals surface area contributed by atoms with E-state index < -0.39 is 0 Å². The van der Waals surface area contributed by atoms with Crippen molar-refractivity contribution < 1.29 is 9.18 Å². The maximum Gasteiger partial charge on any atom is 0.222 e. The average Bonchev–Trinajstić information content (AvgIpc) is 3.66. The number of aromatic amines is 1. The molecule has 0 spiro atoms. The Morgan fingerprint density at radius 3 is 2.71 bits per heavy atom. The normalized spacial score (nSPS) is 13.6. The summed E-state index contributed by atoms with van der Waals surface area (Å²) >= 11 is 0. The van der Waals surface area contributed by atoms with E-state index in [0.717, 1.165) is 81.1 Å². The molecule has 9 heteroatoms. The Balaban J connectivity index is 1.29. The third-order valence-corrected chi connectivity index (χ3v) is 6.83. The number of aliphatic imine (C=N–C) groups is 1. The van der Waals surface area contributed by atoms with Gasteiger partial charge < -0.3 is 20.5 Å². The number of carbonyl (C=O) groups is 1. The van der Waals surface area contributed by atoms with Crippen molar-refractivity contribution in [3.05, 3.63) is 84.0 Å². The molecule has 1 atom stereocenters. The zero-order valence-electron chi connectivity index (χ0n) is 21.9. The first-order chi connectivity index (χ1) is 18.7. The highest BCUT2D eigenvalue weighted by Crippen LogP contribution is 2.28. The minimum atomic E-state index is -0.246. The van der Waals surface area contributed by atoms with Crippen LogP contribution in [0.25, 0.3) is 0 Å². The molecule has 3 heterocycles. The number of hydrogen-bond acceptors (Lipinski definition) is 6. The second-order valence-electron chi connectivity index (χ2n) is 9.60. The molecule has 0 radical (unpaired) electrons. The Bertz CT molecular complexity index is 1120. The molecule has 0 saturated heterocycles. The third-order valence-electron chi connectivity index (χ3n) is 6.83. The molecule has 2 aromatic heterocycles. The van der Waals surface area contributed by atoms with E-state index in [1.807, 2.05) is 41.4 Å². The molecule has 0 saturated carbocycles. The van der Waals surface area contributed by atoms with Crippen molar-refractivity contribution >= 4 is 11.9 Å². The van der Waals surface area contributed by atoms with Gasteiger partial charge in [-0.05, 0) is 55.5 Å². The lowest BCUT2D eigenvalue weighted by Crippen LogP contribution is -2.34. The van der Waals surface area contributed by atoms with E-state index in [9.17, 15) is 9.18 Å². The smallest absolute Gasteiger partial charge is 0.222 e. The van der Waals surface area contributed by atoms with Crippen LogP contribution in [0.2, 0.25) is 0 Å². The molecule has 0 fully saturated rings. The third kappa shape index (κ3) is 8.68. The number of amides is 1. The number of hydrogen-bond donors (Lipinski definition) is 3. The quantitative estimate of drug-likeness (QED) is 0.263. The summed E-state index contributed by atoms with van der Waals surface area (Å²) in [4.78, 5) is 31.3. The highest BCUT2D eigenvalue weighted by molar-refractivity contribution is 5.81. The van der Waals surface area contributed by atoms with E-state index in [-0.39, 0.29) is 17.6 Å². The molecule has 1 aromatic carbocycles. The van der Waals surface area contributed by atoms with Crippen molar-refractivity contribution in [2.45, 2.75) is 50.9 Å². The van der Waals surface area contributed by atoms with Crippen LogP contribution in [0.3, 0.4) is 0 Å². The van der Waals surface area contributed by atoms with Gasteiger partial charge in [0.2, 0.25) is 5.91 Å². The van der Waals surface area contributed by atoms with Gasteiger partial charge in [-0.2, -0.15) is 0 Å². The number of guanidine groups is 1. The van der Waals surface area contributed by atoms with Crippen molar-refractivity contribution in [3.63, 3.8) is 0 Å². The Kier molecular flexibility index (Phi) is 10.7. The fraction of sp³-hybridized carbons (Fsp3) is 0.448. The molecule has 3 N–H and O–H groups in total. The Morgan fingerprint density at radius 2 is 1.97 bits per heavy atom. The van der Waals surface area contributed by atoms with Gasteiger partial charge in [-0.3, -0.25) is 14.8 Å². The molecule has 8 nitrogen and oxygen atoms in total. The predicted molar refractivity (Wildman–Crippen MR) is 147 cm³/mol. The number of rotatable bonds is 15. The molecule has 3 aromatic rings. The van der Waals surface area contributed by atoms with E-state index >= 15 is 0 Å². The maximum absolute atomic E-state index is 13.6. The van der Waals surface area contributed by atoms with Gasteiger partial charge in [0.25, 0.3) is 0 Å². The van der Waals surface area contributed by atoms with E-state index in [2.05, 4.69) is 30.6 Å². The summed E-state index contributed by atoms with van der Waals surface area (Å²) in [6.45, 7) is 3.92. The van der Waals surface area contributed by atoms with E-state index in [1.54, 1.807) is 12.5 Å². The SMILES string of the molecule is O=C(CCCCCNC1=NCCN1)N(CCCC(c1ccc(F)cc1)c1ccccn1)CCc1cnc[nH]1. The zero-order valence-corrected chi connectivity index (χ0v) is 21.9. The fourth-order valence-corrected chi connectivity index (χ4v) is 4.75. The van der Waals surface area contributed by atoms with Crippen molar-refractivity contribution in [2.75, 3.05) is 32.7 Å². The monoisotopic (exact) mass is 519 g/mol. The van der Waals surface area contributed by atoms with Crippen molar-refractivity contribution in [1.29, 1.82) is 0 Å².